The van der Waals surface area contributed by atoms with Gasteiger partial charge in [-0.05, 0) is 45.7 Å². The van der Waals surface area contributed by atoms with Crippen LogP contribution in [0.5, 0.6) is 0 Å². The minimum atomic E-state index is 0. The molecular formula is C14H29ClN2O2. The van der Waals surface area contributed by atoms with Gasteiger partial charge in [0.25, 0.3) is 0 Å². The Morgan fingerprint density at radius 3 is 2.84 bits per heavy atom. The Bertz CT molecular complexity index is 239. The van der Waals surface area contributed by atoms with Crippen LogP contribution in [0.2, 0.25) is 0 Å². The summed E-state index contributed by atoms with van der Waals surface area (Å²) in [5, 5.41) is 3.08. The van der Waals surface area contributed by atoms with Crippen LogP contribution in [0.25, 0.3) is 0 Å². The van der Waals surface area contributed by atoms with Crippen LogP contribution in [0.1, 0.15) is 45.4 Å². The summed E-state index contributed by atoms with van der Waals surface area (Å²) in [6.07, 6.45) is 6.20. The van der Waals surface area contributed by atoms with Gasteiger partial charge in [-0.1, -0.05) is 6.92 Å². The molecule has 1 N–H and O–H groups in total. The molecule has 114 valence electrons. The Morgan fingerprint density at radius 2 is 2.16 bits per heavy atom. The summed E-state index contributed by atoms with van der Waals surface area (Å²) in [6.45, 7) is 5.67. The molecule has 1 aliphatic heterocycles. The highest BCUT2D eigenvalue weighted by Gasteiger charge is 2.20. The Labute approximate surface area is 123 Å². The topological polar surface area (TPSA) is 41.6 Å². The first-order valence-electron chi connectivity index (χ1n) is 7.32. The summed E-state index contributed by atoms with van der Waals surface area (Å²) >= 11 is 0. The Kier molecular flexibility index (Phi) is 11.3. The van der Waals surface area contributed by atoms with Crippen LogP contribution in [0.15, 0.2) is 0 Å². The molecule has 19 heavy (non-hydrogen) atoms. The van der Waals surface area contributed by atoms with Gasteiger partial charge in [0.1, 0.15) is 0 Å². The molecule has 0 bridgehead atoms. The van der Waals surface area contributed by atoms with E-state index < -0.39 is 0 Å². The zero-order chi connectivity index (χ0) is 13.2. The summed E-state index contributed by atoms with van der Waals surface area (Å²) in [7, 11) is 1.92. The van der Waals surface area contributed by atoms with E-state index in [2.05, 4.69) is 12.2 Å². The smallest absolute Gasteiger partial charge is 0.222 e. The van der Waals surface area contributed by atoms with Crippen molar-refractivity contribution in [1.82, 2.24) is 10.2 Å². The van der Waals surface area contributed by atoms with Gasteiger partial charge < -0.3 is 15.0 Å². The van der Waals surface area contributed by atoms with Crippen molar-refractivity contribution in [2.45, 2.75) is 51.6 Å². The Balaban J connectivity index is 0.00000324. The fourth-order valence-corrected chi connectivity index (χ4v) is 2.34. The predicted molar refractivity (Wildman–Crippen MR) is 80.9 cm³/mol. The number of ether oxygens (including phenoxy) is 1. The van der Waals surface area contributed by atoms with Crippen LogP contribution in [0, 0.1) is 0 Å². The summed E-state index contributed by atoms with van der Waals surface area (Å²) in [6, 6.07) is 0. The largest absolute Gasteiger partial charge is 0.378 e. The zero-order valence-electron chi connectivity index (χ0n) is 12.3. The molecule has 1 fully saturated rings. The van der Waals surface area contributed by atoms with E-state index in [0.717, 1.165) is 58.3 Å². The molecule has 4 nitrogen and oxygen atoms in total. The number of hydrogen-bond acceptors (Lipinski definition) is 3. The van der Waals surface area contributed by atoms with Crippen LogP contribution >= 0.6 is 12.4 Å². The summed E-state index contributed by atoms with van der Waals surface area (Å²) in [5.41, 5.74) is 0. The lowest BCUT2D eigenvalue weighted by molar-refractivity contribution is -0.131. The third kappa shape index (κ3) is 7.75. The summed E-state index contributed by atoms with van der Waals surface area (Å²) < 4.78 is 5.79. The number of carbonyl (C=O) groups is 1. The first-order valence-corrected chi connectivity index (χ1v) is 7.32. The van der Waals surface area contributed by atoms with E-state index in [1.807, 2.05) is 11.9 Å². The number of amides is 1. The van der Waals surface area contributed by atoms with Crippen LogP contribution in [0.3, 0.4) is 0 Å². The first-order chi connectivity index (χ1) is 8.77. The van der Waals surface area contributed by atoms with Crippen molar-refractivity contribution in [1.29, 1.82) is 0 Å². The van der Waals surface area contributed by atoms with Crippen molar-refractivity contribution in [2.24, 2.45) is 0 Å². The van der Waals surface area contributed by atoms with Crippen LogP contribution in [0.4, 0.5) is 0 Å². The van der Waals surface area contributed by atoms with Crippen LogP contribution < -0.4 is 5.32 Å². The van der Waals surface area contributed by atoms with Gasteiger partial charge in [-0.2, -0.15) is 0 Å². The molecule has 0 aromatic heterocycles. The van der Waals surface area contributed by atoms with Gasteiger partial charge in [-0.3, -0.25) is 4.79 Å². The second-order valence-corrected chi connectivity index (χ2v) is 5.01. The minimum absolute atomic E-state index is 0. The van der Waals surface area contributed by atoms with E-state index in [1.54, 1.807) is 0 Å². The van der Waals surface area contributed by atoms with Crippen molar-refractivity contribution in [2.75, 3.05) is 33.3 Å². The highest BCUT2D eigenvalue weighted by Crippen LogP contribution is 2.15. The van der Waals surface area contributed by atoms with Crippen molar-refractivity contribution in [3.63, 3.8) is 0 Å². The second-order valence-electron chi connectivity index (χ2n) is 5.01. The van der Waals surface area contributed by atoms with E-state index in [0.29, 0.717) is 18.4 Å². The number of halogens is 1. The molecule has 1 aliphatic rings. The predicted octanol–water partition coefficient (Wildman–Crippen LogP) is 2.22. The van der Waals surface area contributed by atoms with Crippen molar-refractivity contribution in [3.05, 3.63) is 0 Å². The lowest BCUT2D eigenvalue weighted by atomic mass is 10.2. The highest BCUT2D eigenvalue weighted by atomic mass is 35.5. The van der Waals surface area contributed by atoms with Crippen LogP contribution in [-0.2, 0) is 9.53 Å². The van der Waals surface area contributed by atoms with Crippen molar-refractivity contribution < 1.29 is 9.53 Å². The standard InChI is InChI=1S/C14H28N2O2.ClH/c1-3-12-18-13-6-5-10-16(11-8-13)14(17)7-4-9-15-2;/h13,15H,3-12H2,1-2H3;1H. The SMILES string of the molecule is CCCOC1CCCN(C(=O)CCCNC)CC1.Cl. The van der Waals surface area contributed by atoms with E-state index in [9.17, 15) is 4.79 Å². The maximum atomic E-state index is 12.0. The van der Waals surface area contributed by atoms with E-state index >= 15 is 0 Å². The minimum Gasteiger partial charge on any atom is -0.378 e. The van der Waals surface area contributed by atoms with Gasteiger partial charge in [0, 0.05) is 26.1 Å². The molecule has 0 radical (unpaired) electrons. The van der Waals surface area contributed by atoms with E-state index in [1.165, 1.54) is 0 Å². The van der Waals surface area contributed by atoms with Crippen molar-refractivity contribution >= 4 is 18.3 Å². The summed E-state index contributed by atoms with van der Waals surface area (Å²) in [4.78, 5) is 14.0. The number of nitrogens with one attached hydrogen (secondary N) is 1. The number of hydrogen-bond donors (Lipinski definition) is 1. The Morgan fingerprint density at radius 1 is 1.37 bits per heavy atom. The maximum absolute atomic E-state index is 12.0. The third-order valence-electron chi connectivity index (χ3n) is 3.40. The molecule has 0 aromatic rings. The molecule has 0 aliphatic carbocycles. The maximum Gasteiger partial charge on any atom is 0.222 e. The average molecular weight is 293 g/mol. The molecule has 1 atom stereocenters. The van der Waals surface area contributed by atoms with Gasteiger partial charge in [0.2, 0.25) is 5.91 Å². The van der Waals surface area contributed by atoms with Gasteiger partial charge in [0.05, 0.1) is 6.10 Å². The second kappa shape index (κ2) is 11.5. The molecular weight excluding hydrogens is 264 g/mol. The molecule has 1 rings (SSSR count). The Hall–Kier alpha value is -0.320. The highest BCUT2D eigenvalue weighted by molar-refractivity contribution is 5.85. The molecule has 5 heteroatoms. The molecule has 0 spiro atoms. The first kappa shape index (κ1) is 18.7. The molecule has 1 heterocycles. The lowest BCUT2D eigenvalue weighted by Gasteiger charge is -2.20. The van der Waals surface area contributed by atoms with Gasteiger partial charge >= 0.3 is 0 Å². The third-order valence-corrected chi connectivity index (χ3v) is 3.40. The fourth-order valence-electron chi connectivity index (χ4n) is 2.34. The average Bonchev–Trinajstić information content (AvgIpc) is 2.62. The number of rotatable bonds is 7. The van der Waals surface area contributed by atoms with E-state index in [4.69, 9.17) is 4.74 Å². The lowest BCUT2D eigenvalue weighted by Crippen LogP contribution is -2.32. The molecule has 1 saturated heterocycles. The molecule has 1 amide bonds. The summed E-state index contributed by atoms with van der Waals surface area (Å²) in [5.74, 6) is 0.307. The molecule has 0 aromatic carbocycles. The monoisotopic (exact) mass is 292 g/mol. The number of carbonyl (C=O) groups excluding carboxylic acids is 1. The van der Waals surface area contributed by atoms with Crippen LogP contribution in [-0.4, -0.2) is 50.2 Å². The van der Waals surface area contributed by atoms with Gasteiger partial charge in [0.15, 0.2) is 0 Å². The number of likely N-dealkylation sites (tertiary alicyclic amines) is 1. The molecule has 1 unspecified atom stereocenters. The normalized spacial score (nSPS) is 19.7. The molecule has 0 saturated carbocycles. The zero-order valence-corrected chi connectivity index (χ0v) is 13.1. The number of nitrogens with zero attached hydrogens (tertiary/aromatic N) is 1. The van der Waals surface area contributed by atoms with Gasteiger partial charge in [-0.25, -0.2) is 0 Å². The van der Waals surface area contributed by atoms with Crippen molar-refractivity contribution in [3.8, 4) is 0 Å². The van der Waals surface area contributed by atoms with E-state index in [-0.39, 0.29) is 12.4 Å². The van der Waals surface area contributed by atoms with Gasteiger partial charge in [-0.15, -0.1) is 12.4 Å². The quantitative estimate of drug-likeness (QED) is 0.732. The fraction of sp³-hybridized carbons (Fsp3) is 0.929.